The van der Waals surface area contributed by atoms with Gasteiger partial charge in [0.05, 0.1) is 23.2 Å². The van der Waals surface area contributed by atoms with E-state index in [1.54, 1.807) is 40.0 Å². The van der Waals surface area contributed by atoms with Crippen LogP contribution in [0.4, 0.5) is 0 Å². The molecule has 1 aromatic carbocycles. The first-order valence-corrected chi connectivity index (χ1v) is 9.96. The molecule has 2 heterocycles. The highest BCUT2D eigenvalue weighted by Gasteiger charge is 2.15. The Bertz CT molecular complexity index is 980. The first-order valence-electron chi connectivity index (χ1n) is 8.09. The van der Waals surface area contributed by atoms with Gasteiger partial charge in [-0.15, -0.1) is 17.9 Å². The van der Waals surface area contributed by atoms with Crippen molar-refractivity contribution < 1.29 is 4.79 Å². The van der Waals surface area contributed by atoms with Crippen LogP contribution in [-0.4, -0.2) is 33.2 Å². The first kappa shape index (κ1) is 18.4. The molecule has 3 aromatic rings. The van der Waals surface area contributed by atoms with Gasteiger partial charge in [0.25, 0.3) is 5.56 Å². The second-order valence-corrected chi connectivity index (χ2v) is 7.71. The maximum atomic E-state index is 12.7. The molecule has 0 saturated heterocycles. The summed E-state index contributed by atoms with van der Waals surface area (Å²) < 4.78 is 1.56. The predicted octanol–water partition coefficient (Wildman–Crippen LogP) is 3.39. The second kappa shape index (κ2) is 8.33. The Hall–Kier alpha value is -2.38. The molecule has 5 nitrogen and oxygen atoms in total. The van der Waals surface area contributed by atoms with Crippen molar-refractivity contribution in [2.24, 2.45) is 0 Å². The van der Waals surface area contributed by atoms with E-state index in [2.05, 4.69) is 11.6 Å². The second-order valence-electron chi connectivity index (χ2n) is 5.73. The quantitative estimate of drug-likeness (QED) is 0.355. The van der Waals surface area contributed by atoms with Crippen LogP contribution < -0.4 is 5.56 Å². The number of fused-ring (bicyclic) bond motifs is 1. The highest BCUT2D eigenvalue weighted by Crippen LogP contribution is 2.19. The smallest absolute Gasteiger partial charge is 0.262 e. The summed E-state index contributed by atoms with van der Waals surface area (Å²) in [6, 6.07) is 11.2. The van der Waals surface area contributed by atoms with Crippen LogP contribution >= 0.6 is 23.1 Å². The van der Waals surface area contributed by atoms with Crippen LogP contribution in [0.2, 0.25) is 0 Å². The summed E-state index contributed by atoms with van der Waals surface area (Å²) >= 11 is 2.91. The standard InChI is InChI=1S/C19H19N3O2S2/c1-3-10-22-18(24)15-8-4-5-9-16(15)20-19(22)26-13-17(23)21(2)12-14-7-6-11-25-14/h3-9,11H,1,10,12-13H2,2H3. The fraction of sp³-hybridized carbons (Fsp3) is 0.211. The highest BCUT2D eigenvalue weighted by molar-refractivity contribution is 7.99. The van der Waals surface area contributed by atoms with Crippen molar-refractivity contribution >= 4 is 39.9 Å². The van der Waals surface area contributed by atoms with Gasteiger partial charge in [-0.3, -0.25) is 14.2 Å². The lowest BCUT2D eigenvalue weighted by Crippen LogP contribution is -2.28. The van der Waals surface area contributed by atoms with E-state index in [0.717, 1.165) is 4.88 Å². The number of carbonyl (C=O) groups excluding carboxylic acids is 1. The third kappa shape index (κ3) is 4.05. The zero-order chi connectivity index (χ0) is 18.5. The molecule has 7 heteroatoms. The molecule has 0 unspecified atom stereocenters. The molecule has 0 saturated carbocycles. The molecule has 0 spiro atoms. The largest absolute Gasteiger partial charge is 0.340 e. The average Bonchev–Trinajstić information content (AvgIpc) is 3.15. The van der Waals surface area contributed by atoms with Gasteiger partial charge in [0.2, 0.25) is 5.91 Å². The van der Waals surface area contributed by atoms with E-state index in [-0.39, 0.29) is 17.2 Å². The van der Waals surface area contributed by atoms with Crippen LogP contribution in [0.25, 0.3) is 10.9 Å². The molecule has 0 fully saturated rings. The van der Waals surface area contributed by atoms with Crippen LogP contribution in [0, 0.1) is 0 Å². The third-order valence-electron chi connectivity index (χ3n) is 3.86. The molecule has 1 amide bonds. The number of amides is 1. The van der Waals surface area contributed by atoms with Crippen molar-refractivity contribution in [1.82, 2.24) is 14.5 Å². The lowest BCUT2D eigenvalue weighted by atomic mass is 10.2. The van der Waals surface area contributed by atoms with E-state index in [1.807, 2.05) is 35.7 Å². The minimum absolute atomic E-state index is 0.00374. The van der Waals surface area contributed by atoms with E-state index in [1.165, 1.54) is 11.8 Å². The monoisotopic (exact) mass is 385 g/mol. The van der Waals surface area contributed by atoms with E-state index in [4.69, 9.17) is 0 Å². The summed E-state index contributed by atoms with van der Waals surface area (Å²) in [5.41, 5.74) is 0.525. The summed E-state index contributed by atoms with van der Waals surface area (Å²) in [5.74, 6) is 0.222. The molecular formula is C19H19N3O2S2. The number of para-hydroxylation sites is 1. The van der Waals surface area contributed by atoms with Crippen molar-refractivity contribution in [2.45, 2.75) is 18.2 Å². The summed E-state index contributed by atoms with van der Waals surface area (Å²) in [5, 5.41) is 3.10. The number of aromatic nitrogens is 2. The van der Waals surface area contributed by atoms with E-state index in [9.17, 15) is 9.59 Å². The van der Waals surface area contributed by atoms with Gasteiger partial charge in [0.1, 0.15) is 0 Å². The Balaban J connectivity index is 1.79. The fourth-order valence-corrected chi connectivity index (χ4v) is 4.22. The van der Waals surface area contributed by atoms with E-state index >= 15 is 0 Å². The van der Waals surface area contributed by atoms with Crippen LogP contribution in [0.1, 0.15) is 4.88 Å². The molecule has 0 radical (unpaired) electrons. The van der Waals surface area contributed by atoms with Crippen LogP contribution in [0.3, 0.4) is 0 Å². The lowest BCUT2D eigenvalue weighted by molar-refractivity contribution is -0.127. The molecular weight excluding hydrogens is 366 g/mol. The summed E-state index contributed by atoms with van der Waals surface area (Å²) in [4.78, 5) is 32.5. The van der Waals surface area contributed by atoms with Gasteiger partial charge in [0, 0.05) is 18.5 Å². The van der Waals surface area contributed by atoms with Crippen molar-refractivity contribution in [3.8, 4) is 0 Å². The van der Waals surface area contributed by atoms with Gasteiger partial charge in [-0.2, -0.15) is 0 Å². The van der Waals surface area contributed by atoms with Crippen LogP contribution in [-0.2, 0) is 17.9 Å². The number of hydrogen-bond acceptors (Lipinski definition) is 5. The average molecular weight is 386 g/mol. The maximum Gasteiger partial charge on any atom is 0.262 e. The van der Waals surface area contributed by atoms with Gasteiger partial charge >= 0.3 is 0 Å². The van der Waals surface area contributed by atoms with Gasteiger partial charge in [-0.05, 0) is 23.6 Å². The summed E-state index contributed by atoms with van der Waals surface area (Å²) in [6.45, 7) is 4.66. The molecule has 134 valence electrons. The lowest BCUT2D eigenvalue weighted by Gasteiger charge is -2.17. The summed E-state index contributed by atoms with van der Waals surface area (Å²) in [6.07, 6.45) is 1.66. The Kier molecular flexibility index (Phi) is 5.90. The van der Waals surface area contributed by atoms with Gasteiger partial charge in [-0.25, -0.2) is 4.98 Å². The molecule has 0 aliphatic rings. The molecule has 26 heavy (non-hydrogen) atoms. The number of rotatable bonds is 7. The van der Waals surface area contributed by atoms with Crippen molar-refractivity contribution in [3.05, 3.63) is 69.7 Å². The molecule has 2 aromatic heterocycles. The predicted molar refractivity (Wildman–Crippen MR) is 108 cm³/mol. The van der Waals surface area contributed by atoms with Crippen LogP contribution in [0.15, 0.2) is 64.4 Å². The maximum absolute atomic E-state index is 12.7. The third-order valence-corrected chi connectivity index (χ3v) is 5.68. The van der Waals surface area contributed by atoms with E-state index < -0.39 is 0 Å². The van der Waals surface area contributed by atoms with Gasteiger partial charge in [0.15, 0.2) is 5.16 Å². The Labute approximate surface area is 160 Å². The van der Waals surface area contributed by atoms with Crippen molar-refractivity contribution in [1.29, 1.82) is 0 Å². The molecule has 0 atom stereocenters. The molecule has 3 rings (SSSR count). The van der Waals surface area contributed by atoms with Crippen molar-refractivity contribution in [3.63, 3.8) is 0 Å². The zero-order valence-corrected chi connectivity index (χ0v) is 16.1. The van der Waals surface area contributed by atoms with E-state index in [0.29, 0.717) is 29.1 Å². The first-order chi connectivity index (χ1) is 12.6. The molecule has 0 aliphatic heterocycles. The SMILES string of the molecule is C=CCn1c(SCC(=O)N(C)Cc2cccs2)nc2ccccc2c1=O. The van der Waals surface area contributed by atoms with Crippen LogP contribution in [0.5, 0.6) is 0 Å². The number of benzene rings is 1. The minimum Gasteiger partial charge on any atom is -0.340 e. The van der Waals surface area contributed by atoms with Gasteiger partial charge < -0.3 is 4.90 Å². The zero-order valence-electron chi connectivity index (χ0n) is 14.4. The summed E-state index contributed by atoms with van der Waals surface area (Å²) in [7, 11) is 1.78. The number of carbonyl (C=O) groups is 1. The number of hydrogen-bond donors (Lipinski definition) is 0. The number of nitrogens with zero attached hydrogens (tertiary/aromatic N) is 3. The molecule has 0 N–H and O–H groups in total. The topological polar surface area (TPSA) is 55.2 Å². The minimum atomic E-state index is -0.114. The molecule has 0 aliphatic carbocycles. The Morgan fingerprint density at radius 2 is 2.15 bits per heavy atom. The number of thioether (sulfide) groups is 1. The van der Waals surface area contributed by atoms with Gasteiger partial charge in [-0.1, -0.05) is 36.0 Å². The fourth-order valence-electron chi connectivity index (χ4n) is 2.51. The Morgan fingerprint density at radius 3 is 2.88 bits per heavy atom. The van der Waals surface area contributed by atoms with Crippen molar-refractivity contribution in [2.75, 3.05) is 12.8 Å². The highest BCUT2D eigenvalue weighted by atomic mass is 32.2. The number of allylic oxidation sites excluding steroid dienone is 1. The number of thiophene rings is 1. The normalized spacial score (nSPS) is 10.8. The molecule has 0 bridgehead atoms. The Morgan fingerprint density at radius 1 is 1.35 bits per heavy atom.